The second-order valence-electron chi connectivity index (χ2n) is 8.23. The van der Waals surface area contributed by atoms with Crippen molar-refractivity contribution in [2.45, 2.75) is 76.0 Å². The smallest absolute Gasteiger partial charge is 0.0576 e. The molecule has 3 atom stereocenters. The van der Waals surface area contributed by atoms with Crippen molar-refractivity contribution in [2.24, 2.45) is 11.8 Å². The lowest BCUT2D eigenvalue weighted by Crippen LogP contribution is -2.64. The summed E-state index contributed by atoms with van der Waals surface area (Å²) in [5.41, 5.74) is 0.398. The molecule has 2 aliphatic carbocycles. The van der Waals surface area contributed by atoms with E-state index in [9.17, 15) is 0 Å². The maximum atomic E-state index is 5.79. The SMILES string of the molecule is CC1(C2CC2)CN(CCCC2CCCO2)C(C2CC2)CN1. The van der Waals surface area contributed by atoms with E-state index in [0.29, 0.717) is 11.6 Å². The molecule has 0 aromatic carbocycles. The van der Waals surface area contributed by atoms with E-state index in [4.69, 9.17) is 4.74 Å². The van der Waals surface area contributed by atoms with Gasteiger partial charge in [0, 0.05) is 31.3 Å². The van der Waals surface area contributed by atoms with Gasteiger partial charge in [-0.2, -0.15) is 0 Å². The minimum Gasteiger partial charge on any atom is -0.378 e. The van der Waals surface area contributed by atoms with E-state index >= 15 is 0 Å². The van der Waals surface area contributed by atoms with Gasteiger partial charge in [-0.15, -0.1) is 0 Å². The van der Waals surface area contributed by atoms with Crippen LogP contribution in [0.25, 0.3) is 0 Å². The first-order chi connectivity index (χ1) is 10.2. The zero-order chi connectivity index (χ0) is 14.3. The largest absolute Gasteiger partial charge is 0.378 e. The van der Waals surface area contributed by atoms with Gasteiger partial charge in [-0.05, 0) is 76.7 Å². The van der Waals surface area contributed by atoms with Gasteiger partial charge in [0.1, 0.15) is 0 Å². The van der Waals surface area contributed by atoms with E-state index in [-0.39, 0.29) is 0 Å². The van der Waals surface area contributed by atoms with Crippen molar-refractivity contribution in [2.75, 3.05) is 26.2 Å². The lowest BCUT2D eigenvalue weighted by atomic mass is 9.89. The molecule has 4 rings (SSSR count). The van der Waals surface area contributed by atoms with Crippen molar-refractivity contribution in [3.8, 4) is 0 Å². The van der Waals surface area contributed by atoms with Crippen LogP contribution in [0, 0.1) is 11.8 Å². The first kappa shape index (κ1) is 14.5. The van der Waals surface area contributed by atoms with Gasteiger partial charge < -0.3 is 10.1 Å². The molecule has 2 heterocycles. The number of nitrogens with one attached hydrogen (secondary N) is 1. The first-order valence-corrected chi connectivity index (χ1v) is 9.35. The minimum absolute atomic E-state index is 0.398. The summed E-state index contributed by atoms with van der Waals surface area (Å²) >= 11 is 0. The summed E-state index contributed by atoms with van der Waals surface area (Å²) in [6.07, 6.45) is 11.6. The van der Waals surface area contributed by atoms with Gasteiger partial charge in [-0.1, -0.05) is 0 Å². The van der Waals surface area contributed by atoms with Crippen LogP contribution in [0.3, 0.4) is 0 Å². The third-order valence-corrected chi connectivity index (χ3v) is 6.36. The van der Waals surface area contributed by atoms with Crippen LogP contribution in [0.4, 0.5) is 0 Å². The third kappa shape index (κ3) is 3.30. The molecule has 3 heteroatoms. The molecule has 0 bridgehead atoms. The van der Waals surface area contributed by atoms with Crippen molar-refractivity contribution in [3.63, 3.8) is 0 Å². The number of hydrogen-bond acceptors (Lipinski definition) is 3. The van der Waals surface area contributed by atoms with E-state index < -0.39 is 0 Å². The molecule has 2 saturated heterocycles. The molecule has 120 valence electrons. The maximum Gasteiger partial charge on any atom is 0.0576 e. The van der Waals surface area contributed by atoms with Gasteiger partial charge in [0.2, 0.25) is 0 Å². The summed E-state index contributed by atoms with van der Waals surface area (Å²) in [5, 5.41) is 3.92. The number of hydrogen-bond donors (Lipinski definition) is 1. The molecular weight excluding hydrogens is 260 g/mol. The molecule has 3 nitrogen and oxygen atoms in total. The topological polar surface area (TPSA) is 24.5 Å². The van der Waals surface area contributed by atoms with Gasteiger partial charge in [0.15, 0.2) is 0 Å². The number of rotatable bonds is 6. The van der Waals surface area contributed by atoms with E-state index in [0.717, 1.165) is 24.5 Å². The Bertz CT molecular complexity index is 360. The number of nitrogens with zero attached hydrogens (tertiary/aromatic N) is 1. The van der Waals surface area contributed by atoms with E-state index in [1.807, 2.05) is 0 Å². The average molecular weight is 292 g/mol. The molecular formula is C18H32N2O. The van der Waals surface area contributed by atoms with Crippen LogP contribution < -0.4 is 5.32 Å². The Morgan fingerprint density at radius 3 is 2.71 bits per heavy atom. The normalized spacial score (nSPS) is 41.6. The summed E-state index contributed by atoms with van der Waals surface area (Å²) in [6, 6.07) is 0.821. The van der Waals surface area contributed by atoms with Gasteiger partial charge in [0.05, 0.1) is 6.10 Å². The fourth-order valence-electron chi connectivity index (χ4n) is 4.64. The third-order valence-electron chi connectivity index (χ3n) is 6.36. The predicted octanol–water partition coefficient (Wildman–Crippen LogP) is 2.80. The van der Waals surface area contributed by atoms with Crippen LogP contribution in [-0.2, 0) is 4.74 Å². The van der Waals surface area contributed by atoms with Crippen LogP contribution in [0.2, 0.25) is 0 Å². The lowest BCUT2D eigenvalue weighted by molar-refractivity contribution is 0.0543. The minimum atomic E-state index is 0.398. The van der Waals surface area contributed by atoms with E-state index in [1.54, 1.807) is 0 Å². The maximum absolute atomic E-state index is 5.79. The van der Waals surface area contributed by atoms with Crippen LogP contribution in [0.1, 0.15) is 58.3 Å². The fourth-order valence-corrected chi connectivity index (χ4v) is 4.64. The highest BCUT2D eigenvalue weighted by atomic mass is 16.5. The summed E-state index contributed by atoms with van der Waals surface area (Å²) < 4.78 is 5.79. The number of ether oxygens (including phenoxy) is 1. The highest BCUT2D eigenvalue weighted by molar-refractivity contribution is 5.06. The molecule has 4 fully saturated rings. The van der Waals surface area contributed by atoms with Crippen molar-refractivity contribution < 1.29 is 4.74 Å². The second-order valence-corrected chi connectivity index (χ2v) is 8.23. The fraction of sp³-hybridized carbons (Fsp3) is 1.00. The summed E-state index contributed by atoms with van der Waals surface area (Å²) in [7, 11) is 0. The van der Waals surface area contributed by atoms with Gasteiger partial charge in [-0.3, -0.25) is 4.90 Å². The molecule has 21 heavy (non-hydrogen) atoms. The standard InChI is InChI=1S/C18H32N2O/c1-18(15-8-9-15)13-20(17(12-19-18)14-6-7-14)10-2-4-16-5-3-11-21-16/h14-17,19H,2-13H2,1H3. The first-order valence-electron chi connectivity index (χ1n) is 9.35. The Morgan fingerprint density at radius 1 is 1.19 bits per heavy atom. The highest BCUT2D eigenvalue weighted by Crippen LogP contribution is 2.44. The molecule has 2 saturated carbocycles. The Labute approximate surface area is 129 Å². The van der Waals surface area contributed by atoms with E-state index in [2.05, 4.69) is 17.1 Å². The van der Waals surface area contributed by atoms with Gasteiger partial charge in [-0.25, -0.2) is 0 Å². The average Bonchev–Trinajstić information content (AvgIpc) is 3.38. The molecule has 2 aliphatic heterocycles. The lowest BCUT2D eigenvalue weighted by Gasteiger charge is -2.47. The molecule has 0 radical (unpaired) electrons. The molecule has 0 spiro atoms. The molecule has 0 amide bonds. The van der Waals surface area contributed by atoms with Crippen LogP contribution >= 0.6 is 0 Å². The quantitative estimate of drug-likeness (QED) is 0.815. The Kier molecular flexibility index (Phi) is 4.01. The van der Waals surface area contributed by atoms with Crippen molar-refractivity contribution in [1.29, 1.82) is 0 Å². The molecule has 1 N–H and O–H groups in total. The van der Waals surface area contributed by atoms with Crippen LogP contribution in [0.15, 0.2) is 0 Å². The predicted molar refractivity (Wildman–Crippen MR) is 85.4 cm³/mol. The Morgan fingerprint density at radius 2 is 2.05 bits per heavy atom. The van der Waals surface area contributed by atoms with Gasteiger partial charge in [0.25, 0.3) is 0 Å². The summed E-state index contributed by atoms with van der Waals surface area (Å²) in [5.74, 6) is 1.93. The number of piperazine rings is 1. The Balaban J connectivity index is 1.32. The van der Waals surface area contributed by atoms with Crippen LogP contribution in [-0.4, -0.2) is 48.8 Å². The molecule has 4 aliphatic rings. The summed E-state index contributed by atoms with van der Waals surface area (Å²) in [4.78, 5) is 2.85. The highest BCUT2D eigenvalue weighted by Gasteiger charge is 2.48. The zero-order valence-corrected chi connectivity index (χ0v) is 13.7. The monoisotopic (exact) mass is 292 g/mol. The summed E-state index contributed by atoms with van der Waals surface area (Å²) in [6.45, 7) is 7.29. The van der Waals surface area contributed by atoms with Crippen molar-refractivity contribution >= 4 is 0 Å². The van der Waals surface area contributed by atoms with E-state index in [1.165, 1.54) is 71.0 Å². The Hall–Kier alpha value is -0.120. The molecule has 0 aromatic rings. The van der Waals surface area contributed by atoms with Gasteiger partial charge >= 0.3 is 0 Å². The second kappa shape index (κ2) is 5.82. The molecule has 0 aromatic heterocycles. The zero-order valence-electron chi connectivity index (χ0n) is 13.7. The van der Waals surface area contributed by atoms with Crippen LogP contribution in [0.5, 0.6) is 0 Å². The molecule has 3 unspecified atom stereocenters. The van der Waals surface area contributed by atoms with Crippen molar-refractivity contribution in [3.05, 3.63) is 0 Å². The van der Waals surface area contributed by atoms with Crippen molar-refractivity contribution in [1.82, 2.24) is 10.2 Å².